The van der Waals surface area contributed by atoms with Gasteiger partial charge < -0.3 is 14.8 Å². The van der Waals surface area contributed by atoms with Crippen LogP contribution in [-0.2, 0) is 15.1 Å². The molecule has 3 aromatic rings. The van der Waals surface area contributed by atoms with Gasteiger partial charge >= 0.3 is 0 Å². The average Bonchev–Trinajstić information content (AvgIpc) is 3.60. The molecule has 6 rings (SSSR count). The Morgan fingerprint density at radius 2 is 1.68 bits per heavy atom. The van der Waals surface area contributed by atoms with E-state index in [2.05, 4.69) is 10.2 Å². The molecule has 2 saturated heterocycles. The maximum Gasteiger partial charge on any atom is 0.250 e. The number of hydrogen-bond acceptors (Lipinski definition) is 6. The standard InChI is InChI=1S/C30H28N2O4S/c1-35-21-12-7-19(8-13-21)9-16-26(33)28-27(20-10-14-22(36-2)15-11-20)25-17-37-18-32(25)30(28)23-5-3-4-6-24(23)31-29(30)34/h3-16,25,27-28H,17-18H2,1-2H3,(H,31,34)/b16-9+/t25-,27-,28+,30+/m1/s1. The van der Waals surface area contributed by atoms with E-state index in [1.807, 2.05) is 90.6 Å². The van der Waals surface area contributed by atoms with Gasteiger partial charge in [0.1, 0.15) is 17.0 Å². The lowest BCUT2D eigenvalue weighted by molar-refractivity contribution is -0.134. The maximum absolute atomic E-state index is 14.2. The summed E-state index contributed by atoms with van der Waals surface area (Å²) in [4.78, 5) is 30.5. The number of carbonyl (C=O) groups is 2. The third-order valence-electron chi connectivity index (χ3n) is 7.89. The summed E-state index contributed by atoms with van der Waals surface area (Å²) in [7, 11) is 3.27. The summed E-state index contributed by atoms with van der Waals surface area (Å²) < 4.78 is 10.6. The van der Waals surface area contributed by atoms with Gasteiger partial charge in [-0.15, -0.1) is 11.8 Å². The number of anilines is 1. The van der Waals surface area contributed by atoms with Crippen molar-refractivity contribution >= 4 is 35.2 Å². The summed E-state index contributed by atoms with van der Waals surface area (Å²) in [6.07, 6.45) is 3.48. The molecule has 0 aliphatic carbocycles. The summed E-state index contributed by atoms with van der Waals surface area (Å²) in [5.74, 6) is 2.19. The summed E-state index contributed by atoms with van der Waals surface area (Å²) >= 11 is 1.82. The first-order valence-electron chi connectivity index (χ1n) is 12.3. The molecule has 188 valence electrons. The maximum atomic E-state index is 14.2. The number of benzene rings is 3. The number of hydrogen-bond donors (Lipinski definition) is 1. The van der Waals surface area contributed by atoms with Crippen LogP contribution in [0.4, 0.5) is 5.69 Å². The molecule has 1 N–H and O–H groups in total. The van der Waals surface area contributed by atoms with Crippen molar-refractivity contribution in [2.45, 2.75) is 17.5 Å². The zero-order chi connectivity index (χ0) is 25.6. The Morgan fingerprint density at radius 1 is 1.00 bits per heavy atom. The van der Waals surface area contributed by atoms with Gasteiger partial charge in [0, 0.05) is 34.8 Å². The lowest BCUT2D eigenvalue weighted by Gasteiger charge is -2.36. The number of nitrogens with one attached hydrogen (secondary N) is 1. The van der Waals surface area contributed by atoms with Gasteiger partial charge in [0.2, 0.25) is 5.91 Å². The largest absolute Gasteiger partial charge is 0.497 e. The van der Waals surface area contributed by atoms with Crippen molar-refractivity contribution in [3.8, 4) is 11.5 Å². The van der Waals surface area contributed by atoms with Crippen molar-refractivity contribution in [3.05, 3.63) is 95.6 Å². The van der Waals surface area contributed by atoms with E-state index < -0.39 is 11.5 Å². The Morgan fingerprint density at radius 3 is 2.38 bits per heavy atom. The number of nitrogens with zero attached hydrogens (tertiary/aromatic N) is 1. The number of fused-ring (bicyclic) bond motifs is 4. The van der Waals surface area contributed by atoms with Crippen LogP contribution in [0.1, 0.15) is 22.6 Å². The van der Waals surface area contributed by atoms with E-state index in [-0.39, 0.29) is 23.7 Å². The molecular weight excluding hydrogens is 484 g/mol. The van der Waals surface area contributed by atoms with Crippen molar-refractivity contribution < 1.29 is 19.1 Å². The van der Waals surface area contributed by atoms with E-state index in [0.29, 0.717) is 5.88 Å². The van der Waals surface area contributed by atoms with E-state index in [4.69, 9.17) is 9.47 Å². The van der Waals surface area contributed by atoms with E-state index >= 15 is 0 Å². The SMILES string of the molecule is COc1ccc(/C=C/C(=O)[C@H]2[C@H](c3ccc(OC)cc3)[C@H]3CSCN3[C@]23C(=O)Nc2ccccc23)cc1. The molecule has 0 bridgehead atoms. The Hall–Kier alpha value is -3.55. The van der Waals surface area contributed by atoms with Crippen LogP contribution in [0.25, 0.3) is 6.08 Å². The normalized spacial score (nSPS) is 26.3. The highest BCUT2D eigenvalue weighted by Crippen LogP contribution is 2.61. The zero-order valence-corrected chi connectivity index (χ0v) is 21.5. The fourth-order valence-electron chi connectivity index (χ4n) is 6.26. The second-order valence-electron chi connectivity index (χ2n) is 9.59. The molecule has 0 unspecified atom stereocenters. The first-order valence-corrected chi connectivity index (χ1v) is 13.5. The molecule has 2 fully saturated rings. The number of methoxy groups -OCH3 is 2. The molecular formula is C30H28N2O4S. The number of amides is 1. The number of ether oxygens (including phenoxy) is 2. The predicted molar refractivity (Wildman–Crippen MR) is 146 cm³/mol. The Balaban J connectivity index is 1.48. The lowest BCUT2D eigenvalue weighted by atomic mass is 9.70. The smallest absolute Gasteiger partial charge is 0.250 e. The highest BCUT2D eigenvalue weighted by molar-refractivity contribution is 7.99. The van der Waals surface area contributed by atoms with E-state index in [0.717, 1.165) is 39.6 Å². The fourth-order valence-corrected chi connectivity index (χ4v) is 7.58. The minimum atomic E-state index is -1.06. The van der Waals surface area contributed by atoms with Crippen molar-refractivity contribution in [1.82, 2.24) is 4.90 Å². The second kappa shape index (κ2) is 9.39. The van der Waals surface area contributed by atoms with E-state index in [9.17, 15) is 9.59 Å². The van der Waals surface area contributed by atoms with E-state index in [1.54, 1.807) is 20.3 Å². The average molecular weight is 513 g/mol. The van der Waals surface area contributed by atoms with Gasteiger partial charge in [0.25, 0.3) is 0 Å². The van der Waals surface area contributed by atoms with Gasteiger partial charge in [-0.25, -0.2) is 0 Å². The number of para-hydroxylation sites is 1. The number of allylic oxidation sites excluding steroid dienone is 1. The Kier molecular flexibility index (Phi) is 6.05. The van der Waals surface area contributed by atoms with Crippen molar-refractivity contribution in [3.63, 3.8) is 0 Å². The fraction of sp³-hybridized carbons (Fsp3) is 0.267. The third-order valence-corrected chi connectivity index (χ3v) is 8.93. The summed E-state index contributed by atoms with van der Waals surface area (Å²) in [6.45, 7) is 0. The molecule has 37 heavy (non-hydrogen) atoms. The first-order chi connectivity index (χ1) is 18.1. The van der Waals surface area contributed by atoms with Gasteiger partial charge in [-0.3, -0.25) is 14.5 Å². The molecule has 7 heteroatoms. The number of ketones is 1. The number of rotatable bonds is 6. The molecule has 3 heterocycles. The van der Waals surface area contributed by atoms with Crippen LogP contribution in [0.5, 0.6) is 11.5 Å². The van der Waals surface area contributed by atoms with Crippen LogP contribution in [0, 0.1) is 5.92 Å². The van der Waals surface area contributed by atoms with Crippen LogP contribution in [-0.4, -0.2) is 48.5 Å². The minimum absolute atomic E-state index is 0.0529. The molecule has 3 aliphatic heterocycles. The quantitative estimate of drug-likeness (QED) is 0.473. The van der Waals surface area contributed by atoms with Crippen LogP contribution in [0.15, 0.2) is 78.9 Å². The predicted octanol–water partition coefficient (Wildman–Crippen LogP) is 4.92. The van der Waals surface area contributed by atoms with Crippen molar-refractivity contribution in [2.24, 2.45) is 5.92 Å². The molecule has 0 aromatic heterocycles. The van der Waals surface area contributed by atoms with Gasteiger partial charge in [-0.2, -0.15) is 0 Å². The van der Waals surface area contributed by atoms with Crippen molar-refractivity contribution in [2.75, 3.05) is 31.2 Å². The third kappa shape index (κ3) is 3.68. The molecule has 0 saturated carbocycles. The molecule has 1 amide bonds. The van der Waals surface area contributed by atoms with Gasteiger partial charge in [0.05, 0.1) is 20.1 Å². The lowest BCUT2D eigenvalue weighted by Crippen LogP contribution is -2.52. The molecule has 0 radical (unpaired) electrons. The summed E-state index contributed by atoms with van der Waals surface area (Å²) in [5, 5.41) is 3.10. The summed E-state index contributed by atoms with van der Waals surface area (Å²) in [5.41, 5.74) is 2.56. The van der Waals surface area contributed by atoms with Crippen molar-refractivity contribution in [1.29, 1.82) is 0 Å². The monoisotopic (exact) mass is 512 g/mol. The Bertz CT molecular complexity index is 1370. The van der Waals surface area contributed by atoms with E-state index in [1.165, 1.54) is 0 Å². The second-order valence-corrected chi connectivity index (χ2v) is 10.6. The van der Waals surface area contributed by atoms with Crippen LogP contribution < -0.4 is 14.8 Å². The van der Waals surface area contributed by atoms with Crippen LogP contribution >= 0.6 is 11.8 Å². The topological polar surface area (TPSA) is 67.9 Å². The molecule has 3 aromatic carbocycles. The molecule has 1 spiro atoms. The number of thioether (sulfide) groups is 1. The minimum Gasteiger partial charge on any atom is -0.497 e. The number of carbonyl (C=O) groups excluding carboxylic acids is 2. The highest BCUT2D eigenvalue weighted by atomic mass is 32.2. The van der Waals surface area contributed by atoms with Gasteiger partial charge in [-0.1, -0.05) is 48.5 Å². The summed E-state index contributed by atoms with van der Waals surface area (Å²) in [6, 6.07) is 23.4. The molecule has 4 atom stereocenters. The molecule has 6 nitrogen and oxygen atoms in total. The van der Waals surface area contributed by atoms with Crippen LogP contribution in [0.3, 0.4) is 0 Å². The van der Waals surface area contributed by atoms with Gasteiger partial charge in [0.15, 0.2) is 5.78 Å². The first kappa shape index (κ1) is 23.8. The Labute approximate surface area is 220 Å². The van der Waals surface area contributed by atoms with Crippen LogP contribution in [0.2, 0.25) is 0 Å². The van der Waals surface area contributed by atoms with Gasteiger partial charge in [-0.05, 0) is 47.5 Å². The zero-order valence-electron chi connectivity index (χ0n) is 20.7. The highest BCUT2D eigenvalue weighted by Gasteiger charge is 2.69. The molecule has 3 aliphatic rings.